The number of hydrogen-bond donors (Lipinski definition) is 1. The molecule has 86 valence electrons. The van der Waals surface area contributed by atoms with Crippen LogP contribution in [0.25, 0.3) is 11.1 Å². The van der Waals surface area contributed by atoms with Crippen molar-refractivity contribution >= 4 is 17.4 Å². The van der Waals surface area contributed by atoms with Crippen LogP contribution in [-0.2, 0) is 0 Å². The summed E-state index contributed by atoms with van der Waals surface area (Å²) in [5.74, 6) is 0.203. The van der Waals surface area contributed by atoms with E-state index in [1.54, 1.807) is 42.5 Å². The molecule has 0 aliphatic carbocycles. The number of benzene rings is 2. The third-order valence-electron chi connectivity index (χ3n) is 2.55. The van der Waals surface area contributed by atoms with Gasteiger partial charge in [0, 0.05) is 16.1 Å². The summed E-state index contributed by atoms with van der Waals surface area (Å²) in [7, 11) is 0. The first-order valence-electron chi connectivity index (χ1n) is 5.18. The summed E-state index contributed by atoms with van der Waals surface area (Å²) in [5, 5.41) is 9.81. The van der Waals surface area contributed by atoms with Crippen LogP contribution in [0, 0.1) is 0 Å². The van der Waals surface area contributed by atoms with Crippen LogP contribution in [0.1, 0.15) is 17.3 Å². The third-order valence-corrected chi connectivity index (χ3v) is 2.88. The Kier molecular flexibility index (Phi) is 3.16. The van der Waals surface area contributed by atoms with Crippen molar-refractivity contribution in [3.63, 3.8) is 0 Å². The fourth-order valence-corrected chi connectivity index (χ4v) is 1.83. The van der Waals surface area contributed by atoms with Crippen molar-refractivity contribution in [3.8, 4) is 16.9 Å². The molecule has 1 N–H and O–H groups in total. The van der Waals surface area contributed by atoms with Gasteiger partial charge in [-0.25, -0.2) is 0 Å². The van der Waals surface area contributed by atoms with Crippen molar-refractivity contribution in [2.45, 2.75) is 6.92 Å². The Morgan fingerprint density at radius 2 is 1.76 bits per heavy atom. The Hall–Kier alpha value is -1.80. The quantitative estimate of drug-likeness (QED) is 0.816. The molecule has 0 saturated carbocycles. The Bertz CT molecular complexity index is 559. The van der Waals surface area contributed by atoms with Gasteiger partial charge in [0.25, 0.3) is 0 Å². The van der Waals surface area contributed by atoms with Gasteiger partial charge >= 0.3 is 0 Å². The van der Waals surface area contributed by atoms with Crippen LogP contribution < -0.4 is 0 Å². The Morgan fingerprint density at radius 1 is 1.12 bits per heavy atom. The summed E-state index contributed by atoms with van der Waals surface area (Å²) < 4.78 is 0. The SMILES string of the molecule is CC(=O)c1ccc(Cl)c(-c2ccc(O)cc2)c1. The number of rotatable bonds is 2. The molecule has 0 amide bonds. The normalized spacial score (nSPS) is 10.2. The van der Waals surface area contributed by atoms with Crippen molar-refractivity contribution in [2.75, 3.05) is 0 Å². The summed E-state index contributed by atoms with van der Waals surface area (Å²) in [4.78, 5) is 11.3. The third kappa shape index (κ3) is 2.48. The largest absolute Gasteiger partial charge is 0.508 e. The average Bonchev–Trinajstić information content (AvgIpc) is 2.31. The van der Waals surface area contributed by atoms with E-state index in [-0.39, 0.29) is 11.5 Å². The molecular formula is C14H11ClO2. The molecule has 0 aliphatic heterocycles. The van der Waals surface area contributed by atoms with Crippen LogP contribution in [0.2, 0.25) is 5.02 Å². The number of hydrogen-bond acceptors (Lipinski definition) is 2. The van der Waals surface area contributed by atoms with Gasteiger partial charge in [0.1, 0.15) is 5.75 Å². The number of ketones is 1. The molecule has 0 aromatic heterocycles. The zero-order valence-corrected chi connectivity index (χ0v) is 10.0. The summed E-state index contributed by atoms with van der Waals surface area (Å²) >= 11 is 6.10. The molecule has 0 aliphatic rings. The molecule has 2 aromatic carbocycles. The van der Waals surface area contributed by atoms with E-state index in [1.807, 2.05) is 0 Å². The number of Topliss-reactive ketones (excluding diaryl/α,β-unsaturated/α-hetero) is 1. The topological polar surface area (TPSA) is 37.3 Å². The van der Waals surface area contributed by atoms with Gasteiger partial charge in [0.15, 0.2) is 5.78 Å². The molecule has 0 unspecified atom stereocenters. The van der Waals surface area contributed by atoms with Crippen molar-refractivity contribution in [1.29, 1.82) is 0 Å². The van der Waals surface area contributed by atoms with Gasteiger partial charge in [-0.3, -0.25) is 4.79 Å². The van der Waals surface area contributed by atoms with E-state index in [1.165, 1.54) is 6.92 Å². The van der Waals surface area contributed by atoms with E-state index < -0.39 is 0 Å². The fourth-order valence-electron chi connectivity index (χ4n) is 1.61. The highest BCUT2D eigenvalue weighted by atomic mass is 35.5. The number of carbonyl (C=O) groups excluding carboxylic acids is 1. The van der Waals surface area contributed by atoms with E-state index in [9.17, 15) is 9.90 Å². The predicted octanol–water partition coefficient (Wildman–Crippen LogP) is 3.92. The molecule has 0 spiro atoms. The molecule has 0 fully saturated rings. The van der Waals surface area contributed by atoms with Crippen LogP contribution in [0.4, 0.5) is 0 Å². The minimum absolute atomic E-state index is 0.00157. The molecule has 0 atom stereocenters. The number of phenols is 1. The van der Waals surface area contributed by atoms with Gasteiger partial charge in [-0.15, -0.1) is 0 Å². The number of phenolic OH excluding ortho intramolecular Hbond substituents is 1. The lowest BCUT2D eigenvalue weighted by Crippen LogP contribution is -1.92. The predicted molar refractivity (Wildman–Crippen MR) is 68.6 cm³/mol. The molecular weight excluding hydrogens is 236 g/mol. The van der Waals surface area contributed by atoms with Crippen LogP contribution in [0.5, 0.6) is 5.75 Å². The van der Waals surface area contributed by atoms with Gasteiger partial charge in [-0.05, 0) is 42.8 Å². The molecule has 0 radical (unpaired) electrons. The molecule has 17 heavy (non-hydrogen) atoms. The minimum atomic E-state index is 0.00157. The maximum absolute atomic E-state index is 11.3. The highest BCUT2D eigenvalue weighted by molar-refractivity contribution is 6.33. The zero-order valence-electron chi connectivity index (χ0n) is 9.27. The molecule has 2 aromatic rings. The standard InChI is InChI=1S/C14H11ClO2/c1-9(16)11-4-7-14(15)13(8-11)10-2-5-12(17)6-3-10/h2-8,17H,1H3. The molecule has 0 heterocycles. The van der Waals surface area contributed by atoms with Crippen LogP contribution >= 0.6 is 11.6 Å². The van der Waals surface area contributed by atoms with E-state index in [0.29, 0.717) is 10.6 Å². The van der Waals surface area contributed by atoms with Crippen molar-refractivity contribution in [2.24, 2.45) is 0 Å². The first-order valence-corrected chi connectivity index (χ1v) is 5.55. The highest BCUT2D eigenvalue weighted by Crippen LogP contribution is 2.30. The lowest BCUT2D eigenvalue weighted by atomic mass is 10.0. The van der Waals surface area contributed by atoms with Gasteiger partial charge in [0.2, 0.25) is 0 Å². The van der Waals surface area contributed by atoms with Gasteiger partial charge in [0.05, 0.1) is 0 Å². The van der Waals surface area contributed by atoms with Crippen molar-refractivity contribution in [3.05, 3.63) is 53.1 Å². The lowest BCUT2D eigenvalue weighted by Gasteiger charge is -2.06. The monoisotopic (exact) mass is 246 g/mol. The average molecular weight is 247 g/mol. The van der Waals surface area contributed by atoms with Gasteiger partial charge < -0.3 is 5.11 Å². The van der Waals surface area contributed by atoms with E-state index in [2.05, 4.69) is 0 Å². The Labute approximate surface area is 104 Å². The van der Waals surface area contributed by atoms with Crippen molar-refractivity contribution < 1.29 is 9.90 Å². The summed E-state index contributed by atoms with van der Waals surface area (Å²) in [6.07, 6.45) is 0. The fraction of sp³-hybridized carbons (Fsp3) is 0.0714. The highest BCUT2D eigenvalue weighted by Gasteiger charge is 2.07. The molecule has 0 saturated heterocycles. The minimum Gasteiger partial charge on any atom is -0.508 e. The molecule has 2 rings (SSSR count). The van der Waals surface area contributed by atoms with Crippen molar-refractivity contribution in [1.82, 2.24) is 0 Å². The van der Waals surface area contributed by atoms with E-state index >= 15 is 0 Å². The zero-order chi connectivity index (χ0) is 12.4. The Balaban J connectivity index is 2.54. The first-order chi connectivity index (χ1) is 8.08. The van der Waals surface area contributed by atoms with E-state index in [0.717, 1.165) is 11.1 Å². The maximum atomic E-state index is 11.3. The second kappa shape index (κ2) is 4.60. The maximum Gasteiger partial charge on any atom is 0.159 e. The van der Waals surface area contributed by atoms with Crippen LogP contribution in [0.15, 0.2) is 42.5 Å². The van der Waals surface area contributed by atoms with Crippen LogP contribution in [0.3, 0.4) is 0 Å². The van der Waals surface area contributed by atoms with Crippen LogP contribution in [-0.4, -0.2) is 10.9 Å². The summed E-state index contributed by atoms with van der Waals surface area (Å²) in [5.41, 5.74) is 2.28. The molecule has 0 bridgehead atoms. The summed E-state index contributed by atoms with van der Waals surface area (Å²) in [6.45, 7) is 1.52. The molecule has 3 heteroatoms. The number of halogens is 1. The first kappa shape index (κ1) is 11.7. The number of aromatic hydroxyl groups is 1. The molecule has 2 nitrogen and oxygen atoms in total. The number of carbonyl (C=O) groups is 1. The van der Waals surface area contributed by atoms with E-state index in [4.69, 9.17) is 11.6 Å². The smallest absolute Gasteiger partial charge is 0.159 e. The Morgan fingerprint density at radius 3 is 2.35 bits per heavy atom. The second-order valence-electron chi connectivity index (χ2n) is 3.80. The lowest BCUT2D eigenvalue weighted by molar-refractivity contribution is 0.101. The van der Waals surface area contributed by atoms with Gasteiger partial charge in [-0.2, -0.15) is 0 Å². The second-order valence-corrected chi connectivity index (χ2v) is 4.20. The summed E-state index contributed by atoms with van der Waals surface area (Å²) in [6, 6.07) is 11.9. The van der Waals surface area contributed by atoms with Gasteiger partial charge in [-0.1, -0.05) is 23.7 Å².